The molecule has 0 bridgehead atoms. The number of sulfone groups is 1. The maximum atomic E-state index is 11.4. The van der Waals surface area contributed by atoms with Gasteiger partial charge in [-0.1, -0.05) is 25.0 Å². The first-order valence-electron chi connectivity index (χ1n) is 6.53. The minimum Gasteiger partial charge on any atom is -0.307 e. The Morgan fingerprint density at radius 1 is 1.17 bits per heavy atom. The number of nitrogens with one attached hydrogen (secondary N) is 1. The monoisotopic (exact) mass is 267 g/mol. The van der Waals surface area contributed by atoms with E-state index in [1.165, 1.54) is 31.9 Å². The highest BCUT2D eigenvalue weighted by Gasteiger charge is 2.17. The van der Waals surface area contributed by atoms with Gasteiger partial charge in [-0.05, 0) is 37.5 Å². The molecule has 0 aromatic heterocycles. The second kappa shape index (κ2) is 5.41. The average Bonchev–Trinajstić information content (AvgIpc) is 2.81. The fraction of sp³-hybridized carbons (Fsp3) is 0.571. The number of benzene rings is 1. The van der Waals surface area contributed by atoms with Gasteiger partial charge in [0.05, 0.1) is 4.90 Å². The van der Waals surface area contributed by atoms with E-state index in [1.54, 1.807) is 12.1 Å². The predicted molar refractivity (Wildman–Crippen MR) is 73.4 cm³/mol. The second-order valence-corrected chi connectivity index (χ2v) is 7.23. The Morgan fingerprint density at radius 3 is 2.22 bits per heavy atom. The Morgan fingerprint density at radius 2 is 1.72 bits per heavy atom. The van der Waals surface area contributed by atoms with Crippen molar-refractivity contribution in [2.45, 2.75) is 49.6 Å². The van der Waals surface area contributed by atoms with Crippen LogP contribution in [0.1, 0.15) is 44.2 Å². The average molecular weight is 267 g/mol. The molecule has 1 unspecified atom stereocenters. The van der Waals surface area contributed by atoms with Crippen LogP contribution in [0.25, 0.3) is 0 Å². The Kier molecular flexibility index (Phi) is 4.07. The minimum atomic E-state index is -3.09. The summed E-state index contributed by atoms with van der Waals surface area (Å²) in [5.41, 5.74) is 1.15. The summed E-state index contributed by atoms with van der Waals surface area (Å²) in [5.74, 6) is 0. The highest BCUT2D eigenvalue weighted by atomic mass is 32.2. The largest absolute Gasteiger partial charge is 0.307 e. The molecule has 0 spiro atoms. The lowest BCUT2D eigenvalue weighted by Crippen LogP contribution is -2.28. The standard InChI is InChI=1S/C14H21NO2S/c1-11(15-13-5-3-4-6-13)12-7-9-14(10-8-12)18(2,16)17/h7-11,13,15H,3-6H2,1-2H3. The summed E-state index contributed by atoms with van der Waals surface area (Å²) in [5, 5.41) is 3.60. The van der Waals surface area contributed by atoms with Gasteiger partial charge < -0.3 is 5.32 Å². The Labute approximate surface area is 110 Å². The number of hydrogen-bond donors (Lipinski definition) is 1. The van der Waals surface area contributed by atoms with Crippen LogP contribution in [0, 0.1) is 0 Å². The second-order valence-electron chi connectivity index (χ2n) is 5.21. The number of hydrogen-bond acceptors (Lipinski definition) is 3. The van der Waals surface area contributed by atoms with Crippen molar-refractivity contribution < 1.29 is 8.42 Å². The zero-order valence-corrected chi connectivity index (χ0v) is 11.8. The summed E-state index contributed by atoms with van der Waals surface area (Å²) in [6.45, 7) is 2.13. The number of rotatable bonds is 4. The van der Waals surface area contributed by atoms with Gasteiger partial charge >= 0.3 is 0 Å². The molecule has 3 nitrogen and oxygen atoms in total. The van der Waals surface area contributed by atoms with E-state index in [9.17, 15) is 8.42 Å². The molecule has 0 saturated heterocycles. The first-order valence-corrected chi connectivity index (χ1v) is 8.42. The van der Waals surface area contributed by atoms with E-state index in [0.717, 1.165) is 5.56 Å². The molecule has 1 saturated carbocycles. The minimum absolute atomic E-state index is 0.279. The summed E-state index contributed by atoms with van der Waals surface area (Å²) < 4.78 is 22.8. The van der Waals surface area contributed by atoms with Crippen LogP contribution in [0.4, 0.5) is 0 Å². The van der Waals surface area contributed by atoms with Crippen LogP contribution in [0.2, 0.25) is 0 Å². The molecule has 0 amide bonds. The molecule has 1 aromatic carbocycles. The molecule has 1 aliphatic rings. The van der Waals surface area contributed by atoms with Gasteiger partial charge in [-0.15, -0.1) is 0 Å². The van der Waals surface area contributed by atoms with Crippen LogP contribution in [0.3, 0.4) is 0 Å². The van der Waals surface area contributed by atoms with Gasteiger partial charge in [0.2, 0.25) is 0 Å². The Hall–Kier alpha value is -0.870. The molecular weight excluding hydrogens is 246 g/mol. The lowest BCUT2D eigenvalue weighted by atomic mass is 10.1. The van der Waals surface area contributed by atoms with E-state index in [4.69, 9.17) is 0 Å². The lowest BCUT2D eigenvalue weighted by molar-refractivity contribution is 0.461. The van der Waals surface area contributed by atoms with Crippen molar-refractivity contribution in [3.05, 3.63) is 29.8 Å². The molecule has 1 fully saturated rings. The van der Waals surface area contributed by atoms with Crippen LogP contribution in [-0.4, -0.2) is 20.7 Å². The van der Waals surface area contributed by atoms with Crippen molar-refractivity contribution in [2.24, 2.45) is 0 Å². The first-order chi connectivity index (χ1) is 8.47. The van der Waals surface area contributed by atoms with Crippen LogP contribution < -0.4 is 5.32 Å². The van der Waals surface area contributed by atoms with Crippen LogP contribution in [-0.2, 0) is 9.84 Å². The zero-order chi connectivity index (χ0) is 13.2. The molecule has 2 rings (SSSR count). The third-order valence-corrected chi connectivity index (χ3v) is 4.78. The maximum Gasteiger partial charge on any atom is 0.175 e. The van der Waals surface area contributed by atoms with E-state index in [-0.39, 0.29) is 6.04 Å². The summed E-state index contributed by atoms with van der Waals surface area (Å²) in [7, 11) is -3.09. The van der Waals surface area contributed by atoms with E-state index in [2.05, 4.69) is 12.2 Å². The highest BCUT2D eigenvalue weighted by molar-refractivity contribution is 7.90. The normalized spacial score (nSPS) is 19.0. The molecule has 4 heteroatoms. The quantitative estimate of drug-likeness (QED) is 0.912. The third kappa shape index (κ3) is 3.33. The predicted octanol–water partition coefficient (Wildman–Crippen LogP) is 2.68. The van der Waals surface area contributed by atoms with Crippen molar-refractivity contribution in [2.75, 3.05) is 6.26 Å². The van der Waals surface area contributed by atoms with Gasteiger partial charge in [0.25, 0.3) is 0 Å². The summed E-state index contributed by atoms with van der Waals surface area (Å²) in [6, 6.07) is 8.09. The maximum absolute atomic E-state index is 11.4. The molecule has 0 aliphatic heterocycles. The van der Waals surface area contributed by atoms with Gasteiger partial charge in [0, 0.05) is 18.3 Å². The molecule has 100 valence electrons. The molecule has 0 heterocycles. The van der Waals surface area contributed by atoms with Crippen molar-refractivity contribution >= 4 is 9.84 Å². The van der Waals surface area contributed by atoms with Gasteiger partial charge in [-0.3, -0.25) is 0 Å². The van der Waals surface area contributed by atoms with E-state index < -0.39 is 9.84 Å². The van der Waals surface area contributed by atoms with Crippen LogP contribution in [0.5, 0.6) is 0 Å². The molecule has 0 radical (unpaired) electrons. The molecular formula is C14H21NO2S. The van der Waals surface area contributed by atoms with Crippen LogP contribution in [0.15, 0.2) is 29.2 Å². The summed E-state index contributed by atoms with van der Waals surface area (Å²) in [4.78, 5) is 0.388. The Bertz CT molecular complexity index is 487. The van der Waals surface area contributed by atoms with Gasteiger partial charge in [0.15, 0.2) is 9.84 Å². The molecule has 1 aromatic rings. The van der Waals surface area contributed by atoms with Crippen LogP contribution >= 0.6 is 0 Å². The molecule has 1 N–H and O–H groups in total. The highest BCUT2D eigenvalue weighted by Crippen LogP contribution is 2.22. The first kappa shape index (κ1) is 13.6. The molecule has 1 atom stereocenters. The van der Waals surface area contributed by atoms with Crippen molar-refractivity contribution in [3.63, 3.8) is 0 Å². The Balaban J connectivity index is 2.04. The summed E-state index contributed by atoms with van der Waals surface area (Å²) >= 11 is 0. The lowest BCUT2D eigenvalue weighted by Gasteiger charge is -2.19. The molecule has 18 heavy (non-hydrogen) atoms. The summed E-state index contributed by atoms with van der Waals surface area (Å²) in [6.07, 6.45) is 6.38. The molecule has 1 aliphatic carbocycles. The van der Waals surface area contributed by atoms with Gasteiger partial charge in [0.1, 0.15) is 0 Å². The smallest absolute Gasteiger partial charge is 0.175 e. The zero-order valence-electron chi connectivity index (χ0n) is 11.0. The SMILES string of the molecule is CC(NC1CCCC1)c1ccc(S(C)(=O)=O)cc1. The topological polar surface area (TPSA) is 46.2 Å². The van der Waals surface area contributed by atoms with E-state index >= 15 is 0 Å². The van der Waals surface area contributed by atoms with E-state index in [0.29, 0.717) is 10.9 Å². The van der Waals surface area contributed by atoms with Gasteiger partial charge in [-0.25, -0.2) is 8.42 Å². The fourth-order valence-electron chi connectivity index (χ4n) is 2.55. The van der Waals surface area contributed by atoms with E-state index in [1.807, 2.05) is 12.1 Å². The fourth-order valence-corrected chi connectivity index (χ4v) is 3.18. The van der Waals surface area contributed by atoms with Crippen molar-refractivity contribution in [1.82, 2.24) is 5.32 Å². The van der Waals surface area contributed by atoms with Gasteiger partial charge in [-0.2, -0.15) is 0 Å². The van der Waals surface area contributed by atoms with Crippen molar-refractivity contribution in [1.29, 1.82) is 0 Å². The van der Waals surface area contributed by atoms with Crippen molar-refractivity contribution in [3.8, 4) is 0 Å². The third-order valence-electron chi connectivity index (χ3n) is 3.65.